The van der Waals surface area contributed by atoms with Gasteiger partial charge in [-0.05, 0) is 36.2 Å². The number of amides is 1. The van der Waals surface area contributed by atoms with Crippen molar-refractivity contribution < 1.29 is 14.3 Å². The summed E-state index contributed by atoms with van der Waals surface area (Å²) in [6.07, 6.45) is 0. The minimum Gasteiger partial charge on any atom is -0.465 e. The van der Waals surface area contributed by atoms with Crippen molar-refractivity contribution in [2.45, 2.75) is 25.5 Å². The average molecular weight is 460 g/mol. The summed E-state index contributed by atoms with van der Waals surface area (Å²) in [5, 5.41) is 4.07. The Balaban J connectivity index is 1.84. The van der Waals surface area contributed by atoms with Crippen LogP contribution in [-0.4, -0.2) is 34.3 Å². The number of hydrogen-bond acceptors (Lipinski definition) is 6. The quantitative estimate of drug-likeness (QED) is 0.323. The molecule has 3 rings (SSSR count). The topological polar surface area (TPSA) is 90.3 Å². The van der Waals surface area contributed by atoms with Crippen LogP contribution < -0.4 is 10.9 Å². The van der Waals surface area contributed by atoms with Crippen LogP contribution in [0.3, 0.4) is 0 Å². The van der Waals surface area contributed by atoms with Crippen LogP contribution in [0, 0.1) is 5.92 Å². The smallest absolute Gasteiger partial charge is 0.339 e. The second-order valence-corrected chi connectivity index (χ2v) is 8.62. The molecule has 1 aromatic heterocycles. The lowest BCUT2D eigenvalue weighted by Crippen LogP contribution is -2.26. The van der Waals surface area contributed by atoms with Crippen molar-refractivity contribution in [3.05, 3.63) is 63.4 Å². The van der Waals surface area contributed by atoms with Gasteiger partial charge in [-0.3, -0.25) is 14.2 Å². The van der Waals surface area contributed by atoms with Gasteiger partial charge in [0, 0.05) is 11.6 Å². The maximum atomic E-state index is 13.0. The first-order valence-corrected chi connectivity index (χ1v) is 11.0. The number of anilines is 1. The molecule has 31 heavy (non-hydrogen) atoms. The van der Waals surface area contributed by atoms with E-state index in [0.717, 1.165) is 11.8 Å². The van der Waals surface area contributed by atoms with Crippen LogP contribution in [0.4, 0.5) is 5.69 Å². The number of hydrogen-bond donors (Lipinski definition) is 1. The molecule has 1 N–H and O–H groups in total. The third-order valence-corrected chi connectivity index (χ3v) is 5.58. The number of rotatable bonds is 7. The van der Waals surface area contributed by atoms with E-state index >= 15 is 0 Å². The van der Waals surface area contributed by atoms with Crippen LogP contribution in [0.5, 0.6) is 0 Å². The Morgan fingerprint density at radius 2 is 1.97 bits per heavy atom. The summed E-state index contributed by atoms with van der Waals surface area (Å²) in [6.45, 7) is 4.51. The lowest BCUT2D eigenvalue weighted by Gasteiger charge is -2.15. The van der Waals surface area contributed by atoms with Gasteiger partial charge in [0.2, 0.25) is 5.91 Å². The van der Waals surface area contributed by atoms with Gasteiger partial charge in [-0.1, -0.05) is 49.3 Å². The van der Waals surface area contributed by atoms with Gasteiger partial charge in [0.25, 0.3) is 5.56 Å². The highest BCUT2D eigenvalue weighted by molar-refractivity contribution is 7.99. The monoisotopic (exact) mass is 459 g/mol. The Bertz CT molecular complexity index is 1190. The van der Waals surface area contributed by atoms with Gasteiger partial charge < -0.3 is 10.1 Å². The molecule has 9 heteroatoms. The van der Waals surface area contributed by atoms with E-state index < -0.39 is 5.97 Å². The van der Waals surface area contributed by atoms with Crippen LogP contribution in [0.2, 0.25) is 5.02 Å². The molecule has 0 aliphatic carbocycles. The first-order chi connectivity index (χ1) is 14.8. The molecule has 1 heterocycles. The van der Waals surface area contributed by atoms with Crippen molar-refractivity contribution >= 4 is 51.8 Å². The molecule has 1 amide bonds. The molecule has 0 fully saturated rings. The van der Waals surface area contributed by atoms with Crippen molar-refractivity contribution in [2.24, 2.45) is 5.92 Å². The van der Waals surface area contributed by atoms with E-state index in [0.29, 0.717) is 27.6 Å². The number of nitrogens with zero attached hydrogens (tertiary/aromatic N) is 2. The first-order valence-electron chi connectivity index (χ1n) is 9.60. The minimum atomic E-state index is -0.582. The Labute approximate surface area is 188 Å². The van der Waals surface area contributed by atoms with E-state index in [4.69, 9.17) is 16.3 Å². The van der Waals surface area contributed by atoms with Crippen molar-refractivity contribution in [2.75, 3.05) is 18.2 Å². The number of methoxy groups -OCH3 is 1. The number of aromatic nitrogens is 2. The number of ether oxygens (including phenoxy) is 1. The van der Waals surface area contributed by atoms with Crippen molar-refractivity contribution in [1.29, 1.82) is 0 Å². The molecule has 0 aliphatic rings. The Hall–Kier alpha value is -2.84. The molecule has 162 valence electrons. The van der Waals surface area contributed by atoms with Gasteiger partial charge in [-0.25, -0.2) is 9.78 Å². The highest BCUT2D eigenvalue weighted by Crippen LogP contribution is 2.23. The number of esters is 1. The predicted molar refractivity (Wildman–Crippen MR) is 123 cm³/mol. The van der Waals surface area contributed by atoms with Crippen molar-refractivity contribution in [3.8, 4) is 0 Å². The molecule has 0 unspecified atom stereocenters. The Kier molecular flexibility index (Phi) is 7.35. The molecule has 2 aromatic carbocycles. The van der Waals surface area contributed by atoms with Gasteiger partial charge in [-0.15, -0.1) is 0 Å². The summed E-state index contributed by atoms with van der Waals surface area (Å²) in [4.78, 5) is 42.1. The summed E-state index contributed by atoms with van der Waals surface area (Å²) < 4.78 is 6.35. The third kappa shape index (κ3) is 5.45. The van der Waals surface area contributed by atoms with Crippen LogP contribution in [0.1, 0.15) is 24.2 Å². The highest BCUT2D eigenvalue weighted by Gasteiger charge is 2.17. The summed E-state index contributed by atoms with van der Waals surface area (Å²) in [5.74, 6) is -0.726. The minimum absolute atomic E-state index is 0.00397. The number of carbonyl (C=O) groups excluding carboxylic acids is 2. The van der Waals surface area contributed by atoms with Crippen molar-refractivity contribution in [1.82, 2.24) is 9.55 Å². The Morgan fingerprint density at radius 1 is 1.23 bits per heavy atom. The lowest BCUT2D eigenvalue weighted by molar-refractivity contribution is -0.113. The van der Waals surface area contributed by atoms with Crippen molar-refractivity contribution in [3.63, 3.8) is 0 Å². The number of para-hydroxylation sites is 1. The number of halogens is 1. The zero-order chi connectivity index (χ0) is 22.5. The lowest BCUT2D eigenvalue weighted by atomic mass is 10.2. The Morgan fingerprint density at radius 3 is 2.68 bits per heavy atom. The molecule has 0 radical (unpaired) electrons. The summed E-state index contributed by atoms with van der Waals surface area (Å²) >= 11 is 7.17. The van der Waals surface area contributed by atoms with E-state index in [1.807, 2.05) is 19.9 Å². The molecular formula is C22H22ClN3O4S. The number of fused-ring (bicyclic) bond motifs is 1. The van der Waals surface area contributed by atoms with Gasteiger partial charge >= 0.3 is 5.97 Å². The van der Waals surface area contributed by atoms with E-state index in [2.05, 4.69) is 10.3 Å². The normalized spacial score (nSPS) is 11.0. The van der Waals surface area contributed by atoms with E-state index in [1.54, 1.807) is 28.8 Å². The molecule has 0 atom stereocenters. The largest absolute Gasteiger partial charge is 0.465 e. The number of nitrogens with one attached hydrogen (secondary N) is 1. The van der Waals surface area contributed by atoms with Gasteiger partial charge in [0.15, 0.2) is 5.16 Å². The number of thioether (sulfide) groups is 1. The van der Waals surface area contributed by atoms with Gasteiger partial charge in [0.05, 0.1) is 35.0 Å². The van der Waals surface area contributed by atoms with E-state index in [1.165, 1.54) is 19.2 Å². The fourth-order valence-corrected chi connectivity index (χ4v) is 3.99. The summed E-state index contributed by atoms with van der Waals surface area (Å²) in [5.41, 5.74) is 0.907. The molecule has 0 aliphatic heterocycles. The zero-order valence-corrected chi connectivity index (χ0v) is 18.9. The average Bonchev–Trinajstić information content (AvgIpc) is 2.74. The second kappa shape index (κ2) is 9.98. The van der Waals surface area contributed by atoms with Crippen LogP contribution in [-0.2, 0) is 16.1 Å². The SMILES string of the molecule is COC(=O)c1ccc(Cl)cc1NC(=O)CSc1nc2ccccc2c(=O)n1CC(C)C. The first kappa shape index (κ1) is 22.8. The third-order valence-electron chi connectivity index (χ3n) is 4.37. The maximum absolute atomic E-state index is 13.0. The summed E-state index contributed by atoms with van der Waals surface area (Å²) in [7, 11) is 1.26. The molecule has 7 nitrogen and oxygen atoms in total. The van der Waals surface area contributed by atoms with E-state index in [-0.39, 0.29) is 34.4 Å². The fraction of sp³-hybridized carbons (Fsp3) is 0.273. The number of carbonyl (C=O) groups is 2. The van der Waals surface area contributed by atoms with E-state index in [9.17, 15) is 14.4 Å². The highest BCUT2D eigenvalue weighted by atomic mass is 35.5. The molecule has 0 saturated carbocycles. The summed E-state index contributed by atoms with van der Waals surface area (Å²) in [6, 6.07) is 11.7. The number of benzene rings is 2. The fourth-order valence-electron chi connectivity index (χ4n) is 3.01. The molecular weight excluding hydrogens is 438 g/mol. The second-order valence-electron chi connectivity index (χ2n) is 7.24. The predicted octanol–water partition coefficient (Wildman–Crippen LogP) is 4.22. The van der Waals surface area contributed by atoms with Gasteiger partial charge in [-0.2, -0.15) is 0 Å². The van der Waals surface area contributed by atoms with Crippen LogP contribution in [0.25, 0.3) is 10.9 Å². The molecule has 3 aromatic rings. The van der Waals surface area contributed by atoms with Crippen LogP contribution in [0.15, 0.2) is 52.4 Å². The molecule has 0 saturated heterocycles. The standard InChI is InChI=1S/C22H22ClN3O4S/c1-13(2)11-26-20(28)15-6-4-5-7-17(15)25-22(26)31-12-19(27)24-18-10-14(23)8-9-16(18)21(29)30-3/h4-10,13H,11-12H2,1-3H3,(H,24,27). The zero-order valence-electron chi connectivity index (χ0n) is 17.3. The van der Waals surface area contributed by atoms with Gasteiger partial charge in [0.1, 0.15) is 0 Å². The maximum Gasteiger partial charge on any atom is 0.339 e. The molecule has 0 bridgehead atoms. The van der Waals surface area contributed by atoms with Crippen LogP contribution >= 0.6 is 23.4 Å². The molecule has 0 spiro atoms.